The van der Waals surface area contributed by atoms with Gasteiger partial charge in [-0.05, 0) is 68.4 Å². The first-order chi connectivity index (χ1) is 19.5. The highest BCUT2D eigenvalue weighted by atomic mass is 32.2. The Morgan fingerprint density at radius 3 is 2.38 bits per heavy atom. The van der Waals surface area contributed by atoms with Gasteiger partial charge in [-0.25, -0.2) is 4.98 Å². The van der Waals surface area contributed by atoms with Gasteiger partial charge in [0.2, 0.25) is 0 Å². The van der Waals surface area contributed by atoms with Gasteiger partial charge in [-0.1, -0.05) is 30.0 Å². The number of nitriles is 1. The predicted molar refractivity (Wildman–Crippen MR) is 165 cm³/mol. The summed E-state index contributed by atoms with van der Waals surface area (Å²) < 4.78 is 14.2. The van der Waals surface area contributed by atoms with Crippen molar-refractivity contribution in [3.05, 3.63) is 111 Å². The van der Waals surface area contributed by atoms with Crippen LogP contribution in [-0.4, -0.2) is 23.8 Å². The summed E-state index contributed by atoms with van der Waals surface area (Å²) in [5.41, 5.74) is 7.70. The van der Waals surface area contributed by atoms with Crippen LogP contribution >= 0.6 is 23.1 Å². The molecule has 0 fully saturated rings. The number of hydrogen-bond donors (Lipinski definition) is 0. The van der Waals surface area contributed by atoms with Crippen LogP contribution in [0.15, 0.2) is 89.3 Å². The number of allylic oxidation sites excluding steroid dienone is 1. The zero-order chi connectivity index (χ0) is 27.8. The average Bonchev–Trinajstić information content (AvgIpc) is 3.69. The molecule has 1 aliphatic rings. The van der Waals surface area contributed by atoms with Gasteiger partial charge < -0.3 is 18.9 Å². The zero-order valence-electron chi connectivity index (χ0n) is 22.5. The second-order valence-corrected chi connectivity index (χ2v) is 11.1. The molecule has 0 bridgehead atoms. The van der Waals surface area contributed by atoms with E-state index in [9.17, 15) is 5.26 Å². The molecule has 40 heavy (non-hydrogen) atoms. The molecule has 0 saturated heterocycles. The number of thiazole rings is 1. The minimum atomic E-state index is 0.546. The smallest absolute Gasteiger partial charge is 0.137 e. The van der Waals surface area contributed by atoms with E-state index in [0.29, 0.717) is 10.6 Å². The summed E-state index contributed by atoms with van der Waals surface area (Å²) >= 11 is 3.08. The van der Waals surface area contributed by atoms with E-state index in [1.54, 1.807) is 26.0 Å². The number of fused-ring (bicyclic) bond motifs is 1. The van der Waals surface area contributed by atoms with Crippen LogP contribution in [0.4, 0.5) is 5.69 Å². The SMILES string of the molecule is COc1ccc(-n2c(C)cc(C3=CSC(=C(C#N)c4nc5ccccc5s4)N3c3cccc(OC)c3)c2C)cc1. The van der Waals surface area contributed by atoms with Gasteiger partial charge in [0.25, 0.3) is 0 Å². The lowest BCUT2D eigenvalue weighted by Crippen LogP contribution is -2.17. The van der Waals surface area contributed by atoms with Gasteiger partial charge in [0.15, 0.2) is 0 Å². The third-order valence-corrected chi connectivity index (χ3v) is 8.91. The largest absolute Gasteiger partial charge is 0.497 e. The van der Waals surface area contributed by atoms with E-state index in [0.717, 1.165) is 60.8 Å². The van der Waals surface area contributed by atoms with Crippen LogP contribution in [0.1, 0.15) is 22.0 Å². The molecule has 198 valence electrons. The summed E-state index contributed by atoms with van der Waals surface area (Å²) in [6.07, 6.45) is 0. The number of aryl methyl sites for hydroxylation is 1. The van der Waals surface area contributed by atoms with Crippen molar-refractivity contribution in [1.29, 1.82) is 5.26 Å². The van der Waals surface area contributed by atoms with Gasteiger partial charge in [0, 0.05) is 34.1 Å². The molecule has 6 nitrogen and oxygen atoms in total. The number of rotatable bonds is 6. The summed E-state index contributed by atoms with van der Waals surface area (Å²) in [6.45, 7) is 4.24. The van der Waals surface area contributed by atoms with Crippen LogP contribution < -0.4 is 14.4 Å². The topological polar surface area (TPSA) is 63.3 Å². The molecule has 0 amide bonds. The minimum absolute atomic E-state index is 0.546. The van der Waals surface area contributed by atoms with Crippen molar-refractivity contribution >= 4 is 50.3 Å². The zero-order valence-corrected chi connectivity index (χ0v) is 24.1. The number of ether oxygens (including phenoxy) is 2. The Morgan fingerprint density at radius 2 is 1.65 bits per heavy atom. The monoisotopic (exact) mass is 562 g/mol. The molecule has 0 saturated carbocycles. The van der Waals surface area contributed by atoms with Crippen molar-refractivity contribution in [2.45, 2.75) is 13.8 Å². The van der Waals surface area contributed by atoms with E-state index in [1.165, 1.54) is 11.3 Å². The van der Waals surface area contributed by atoms with Crippen molar-refractivity contribution in [2.75, 3.05) is 19.1 Å². The molecular weight excluding hydrogens is 537 g/mol. The number of hydrogen-bond acceptors (Lipinski definition) is 7. The maximum Gasteiger partial charge on any atom is 0.137 e. The Morgan fingerprint density at radius 1 is 0.875 bits per heavy atom. The second kappa shape index (κ2) is 10.6. The highest BCUT2D eigenvalue weighted by molar-refractivity contribution is 8.06. The van der Waals surface area contributed by atoms with Crippen molar-refractivity contribution < 1.29 is 9.47 Å². The lowest BCUT2D eigenvalue weighted by Gasteiger charge is -2.25. The van der Waals surface area contributed by atoms with Gasteiger partial charge in [-0.3, -0.25) is 0 Å². The summed E-state index contributed by atoms with van der Waals surface area (Å²) in [6, 6.07) is 28.6. The quantitative estimate of drug-likeness (QED) is 0.195. The summed E-state index contributed by atoms with van der Waals surface area (Å²) in [4.78, 5) is 6.96. The lowest BCUT2D eigenvalue weighted by atomic mass is 10.1. The Kier molecular flexibility index (Phi) is 6.84. The van der Waals surface area contributed by atoms with Crippen molar-refractivity contribution in [2.24, 2.45) is 0 Å². The molecular formula is C32H26N4O2S2. The van der Waals surface area contributed by atoms with Crippen LogP contribution in [-0.2, 0) is 0 Å². The standard InChI is InChI=1S/C32H26N4O2S2/c1-20-16-26(21(2)35(20)22-12-14-24(37-3)15-13-22)29-19-39-32(36(29)23-8-7-9-25(17-23)38-4)27(18-33)31-34-28-10-5-6-11-30(28)40-31/h5-17,19H,1-4H3. The summed E-state index contributed by atoms with van der Waals surface area (Å²) in [7, 11) is 3.33. The van der Waals surface area contributed by atoms with Gasteiger partial charge in [0.05, 0.1) is 35.8 Å². The van der Waals surface area contributed by atoms with E-state index >= 15 is 0 Å². The van der Waals surface area contributed by atoms with Gasteiger partial charge in [0.1, 0.15) is 33.2 Å². The number of para-hydroxylation sites is 1. The molecule has 0 radical (unpaired) electrons. The Labute approximate surface area is 241 Å². The van der Waals surface area contributed by atoms with Crippen molar-refractivity contribution in [3.63, 3.8) is 0 Å². The van der Waals surface area contributed by atoms with E-state index in [2.05, 4.69) is 53.0 Å². The maximum absolute atomic E-state index is 10.4. The summed E-state index contributed by atoms with van der Waals surface area (Å²) in [5.74, 6) is 1.56. The van der Waals surface area contributed by atoms with Crippen LogP contribution in [0.5, 0.6) is 11.5 Å². The second-order valence-electron chi connectivity index (χ2n) is 9.25. The number of methoxy groups -OCH3 is 2. The number of anilines is 1. The van der Waals surface area contributed by atoms with E-state index in [4.69, 9.17) is 14.5 Å². The van der Waals surface area contributed by atoms with Crippen molar-refractivity contribution in [1.82, 2.24) is 9.55 Å². The fourth-order valence-electron chi connectivity index (χ4n) is 5.00. The number of thioether (sulfide) groups is 1. The van der Waals surface area contributed by atoms with Gasteiger partial charge >= 0.3 is 0 Å². The molecule has 0 N–H and O–H groups in total. The molecule has 3 heterocycles. The van der Waals surface area contributed by atoms with Crippen LogP contribution in [0, 0.1) is 25.2 Å². The fraction of sp³-hybridized carbons (Fsp3) is 0.125. The van der Waals surface area contributed by atoms with E-state index in [-0.39, 0.29) is 0 Å². The average molecular weight is 563 g/mol. The number of aromatic nitrogens is 2. The summed E-state index contributed by atoms with van der Waals surface area (Å²) in [5, 5.41) is 14.1. The molecule has 8 heteroatoms. The normalized spacial score (nSPS) is 14.3. The first kappa shape index (κ1) is 25.8. The third kappa shape index (κ3) is 4.43. The molecule has 0 unspecified atom stereocenters. The number of nitrogens with zero attached hydrogens (tertiary/aromatic N) is 4. The Balaban J connectivity index is 1.51. The van der Waals surface area contributed by atoms with Crippen LogP contribution in [0.3, 0.4) is 0 Å². The molecule has 0 spiro atoms. The molecule has 0 atom stereocenters. The molecule has 3 aromatic carbocycles. The maximum atomic E-state index is 10.4. The fourth-order valence-corrected chi connectivity index (χ4v) is 7.06. The van der Waals surface area contributed by atoms with E-state index < -0.39 is 0 Å². The minimum Gasteiger partial charge on any atom is -0.497 e. The van der Waals surface area contributed by atoms with Crippen LogP contribution in [0.2, 0.25) is 0 Å². The van der Waals surface area contributed by atoms with Crippen LogP contribution in [0.25, 0.3) is 27.2 Å². The van der Waals surface area contributed by atoms with E-state index in [1.807, 2.05) is 60.7 Å². The lowest BCUT2D eigenvalue weighted by molar-refractivity contribution is 0.414. The Hall–Kier alpha value is -4.45. The molecule has 1 aliphatic heterocycles. The van der Waals surface area contributed by atoms with Crippen molar-refractivity contribution in [3.8, 4) is 23.3 Å². The number of benzene rings is 3. The third-order valence-electron chi connectivity index (χ3n) is 6.91. The molecule has 2 aromatic heterocycles. The first-order valence-corrected chi connectivity index (χ1v) is 14.4. The first-order valence-electron chi connectivity index (χ1n) is 12.7. The highest BCUT2D eigenvalue weighted by Gasteiger charge is 2.31. The highest BCUT2D eigenvalue weighted by Crippen LogP contribution is 2.48. The Bertz CT molecular complexity index is 1810. The molecule has 0 aliphatic carbocycles. The molecule has 6 rings (SSSR count). The van der Waals surface area contributed by atoms with Gasteiger partial charge in [-0.2, -0.15) is 5.26 Å². The molecule has 5 aromatic rings. The predicted octanol–water partition coefficient (Wildman–Crippen LogP) is 8.17. The van der Waals surface area contributed by atoms with Gasteiger partial charge in [-0.15, -0.1) is 11.3 Å².